The Labute approximate surface area is 166 Å². The Balaban J connectivity index is 1.38. The number of likely N-dealkylation sites (tertiary alicyclic amines) is 1. The maximum absolute atomic E-state index is 11.6. The molecule has 8 heteroatoms. The van der Waals surface area contributed by atoms with E-state index < -0.39 is 17.2 Å². The average molecular weight is 392 g/mol. The number of piperidine rings is 1. The minimum atomic E-state index is -0.699. The molecule has 3 aliphatic heterocycles. The third-order valence-electron chi connectivity index (χ3n) is 6.61. The highest BCUT2D eigenvalue weighted by Gasteiger charge is 2.53. The lowest BCUT2D eigenvalue weighted by atomic mass is 9.73. The lowest BCUT2D eigenvalue weighted by Gasteiger charge is -2.53. The molecule has 3 aliphatic rings. The van der Waals surface area contributed by atoms with Crippen LogP contribution < -0.4 is 10.6 Å². The van der Waals surface area contributed by atoms with Crippen LogP contribution in [0.3, 0.4) is 0 Å². The van der Waals surface area contributed by atoms with Crippen molar-refractivity contribution >= 4 is 5.91 Å². The second kappa shape index (κ2) is 7.74. The molecular weight excluding hydrogens is 358 g/mol. The van der Waals surface area contributed by atoms with Gasteiger partial charge in [0.15, 0.2) is 0 Å². The summed E-state index contributed by atoms with van der Waals surface area (Å²) in [7, 11) is 0. The third-order valence-corrected chi connectivity index (χ3v) is 6.61. The Kier molecular flexibility index (Phi) is 5.48. The monoisotopic (exact) mass is 391 g/mol. The fourth-order valence-electron chi connectivity index (χ4n) is 5.03. The maximum atomic E-state index is 11.6. The highest BCUT2D eigenvalue weighted by molar-refractivity contribution is 5.74. The first kappa shape index (κ1) is 19.8. The van der Waals surface area contributed by atoms with Gasteiger partial charge in [0.25, 0.3) is 0 Å². The summed E-state index contributed by atoms with van der Waals surface area (Å²) in [5.74, 6) is -0.106. The van der Waals surface area contributed by atoms with Gasteiger partial charge in [0.05, 0.1) is 22.5 Å². The number of nitrogens with one attached hydrogen (secondary N) is 2. The summed E-state index contributed by atoms with van der Waals surface area (Å²) in [5, 5.41) is 22.3. The van der Waals surface area contributed by atoms with E-state index in [1.165, 1.54) is 12.6 Å². The lowest BCUT2D eigenvalue weighted by Crippen LogP contribution is -2.69. The predicted molar refractivity (Wildman–Crippen MR) is 105 cm³/mol. The van der Waals surface area contributed by atoms with Crippen molar-refractivity contribution in [2.75, 3.05) is 26.2 Å². The topological polar surface area (TPSA) is 91.7 Å². The smallest absolute Gasteiger partial charge is 0.217 e. The van der Waals surface area contributed by atoms with Gasteiger partial charge in [-0.1, -0.05) is 0 Å². The molecule has 4 rings (SSSR count). The molecule has 3 N–H and O–H groups in total. The third kappa shape index (κ3) is 3.83. The lowest BCUT2D eigenvalue weighted by molar-refractivity contribution is -0.208. The molecule has 156 valence electrons. The maximum Gasteiger partial charge on any atom is 0.217 e. The number of hydrogen-bond acceptors (Lipinski definition) is 6. The normalized spacial score (nSPS) is 30.6. The number of aryl methyl sites for hydroxylation is 1. The minimum Gasteiger partial charge on any atom is -0.388 e. The number of amides is 1. The summed E-state index contributed by atoms with van der Waals surface area (Å²) in [6, 6.07) is 2.21. The largest absolute Gasteiger partial charge is 0.388 e. The first-order valence-electron chi connectivity index (χ1n) is 10.5. The number of fused-ring (bicyclic) bond motifs is 1. The highest BCUT2D eigenvalue weighted by Crippen LogP contribution is 2.40. The fraction of sp³-hybridized carbons (Fsp3) is 0.800. The number of aliphatic hydroxyl groups is 1. The van der Waals surface area contributed by atoms with Crippen molar-refractivity contribution in [1.29, 1.82) is 0 Å². The zero-order valence-corrected chi connectivity index (χ0v) is 17.0. The highest BCUT2D eigenvalue weighted by atomic mass is 16.5. The van der Waals surface area contributed by atoms with Crippen LogP contribution in [0.25, 0.3) is 0 Å². The molecule has 28 heavy (non-hydrogen) atoms. The van der Waals surface area contributed by atoms with E-state index in [2.05, 4.69) is 26.3 Å². The van der Waals surface area contributed by atoms with E-state index in [1.807, 2.05) is 6.92 Å². The van der Waals surface area contributed by atoms with Crippen molar-refractivity contribution < 1.29 is 14.6 Å². The molecule has 1 aromatic rings. The van der Waals surface area contributed by atoms with Crippen molar-refractivity contribution in [2.24, 2.45) is 0 Å². The number of aliphatic hydroxyl groups excluding tert-OH is 1. The number of hydrogen-bond donors (Lipinski definition) is 3. The van der Waals surface area contributed by atoms with Crippen molar-refractivity contribution in [3.63, 3.8) is 0 Å². The van der Waals surface area contributed by atoms with Gasteiger partial charge in [-0.25, -0.2) is 0 Å². The zero-order chi connectivity index (χ0) is 19.8. The van der Waals surface area contributed by atoms with Crippen LogP contribution in [0.15, 0.2) is 6.07 Å². The zero-order valence-electron chi connectivity index (χ0n) is 17.0. The van der Waals surface area contributed by atoms with Gasteiger partial charge in [-0.2, -0.15) is 5.10 Å². The van der Waals surface area contributed by atoms with Gasteiger partial charge < -0.3 is 20.5 Å². The van der Waals surface area contributed by atoms with Crippen LogP contribution in [0, 0.1) is 0 Å². The summed E-state index contributed by atoms with van der Waals surface area (Å²) in [6.45, 7) is 9.45. The first-order chi connectivity index (χ1) is 13.4. The van der Waals surface area contributed by atoms with E-state index in [4.69, 9.17) is 9.84 Å². The van der Waals surface area contributed by atoms with Gasteiger partial charge in [0, 0.05) is 46.3 Å². The molecule has 0 aromatic carbocycles. The SMILES string of the molecule is CC(=O)N[C@@]1(C)CCOC2(CCN(Cc3cc4n(n3)CCCNC4)CC2)[C@@H]1O. The van der Waals surface area contributed by atoms with Crippen LogP contribution in [0.5, 0.6) is 0 Å². The van der Waals surface area contributed by atoms with Gasteiger partial charge in [-0.3, -0.25) is 14.4 Å². The Hall–Kier alpha value is -1.48. The molecule has 0 aliphatic carbocycles. The van der Waals surface area contributed by atoms with E-state index in [1.54, 1.807) is 0 Å². The van der Waals surface area contributed by atoms with Crippen molar-refractivity contribution in [1.82, 2.24) is 25.3 Å². The molecular formula is C20H33N5O3. The second-order valence-corrected chi connectivity index (χ2v) is 8.82. The van der Waals surface area contributed by atoms with Crippen LogP contribution in [0.4, 0.5) is 0 Å². The van der Waals surface area contributed by atoms with E-state index in [9.17, 15) is 9.90 Å². The molecule has 2 saturated heterocycles. The van der Waals surface area contributed by atoms with E-state index in [-0.39, 0.29) is 5.91 Å². The number of nitrogens with zero attached hydrogens (tertiary/aromatic N) is 3. The number of aromatic nitrogens is 2. The molecule has 8 nitrogen and oxygen atoms in total. The van der Waals surface area contributed by atoms with Crippen LogP contribution in [-0.2, 0) is 29.2 Å². The predicted octanol–water partition coefficient (Wildman–Crippen LogP) is 0.387. The Morgan fingerprint density at radius 3 is 2.93 bits per heavy atom. The standard InChI is InChI=1S/C20H33N5O3/c1-15(26)22-19(2)6-11-28-20(18(19)27)4-9-24(10-5-20)14-16-12-17-13-21-7-3-8-25(17)23-16/h12,18,21,27H,3-11,13-14H2,1-2H3,(H,22,26)/t18-,19+/m1/s1. The fourth-order valence-corrected chi connectivity index (χ4v) is 5.03. The molecule has 0 radical (unpaired) electrons. The second-order valence-electron chi connectivity index (χ2n) is 8.82. The van der Waals surface area contributed by atoms with Crippen LogP contribution in [0.2, 0.25) is 0 Å². The molecule has 0 unspecified atom stereocenters. The average Bonchev–Trinajstić information content (AvgIpc) is 2.89. The molecule has 1 spiro atoms. The van der Waals surface area contributed by atoms with Gasteiger partial charge in [-0.15, -0.1) is 0 Å². The minimum absolute atomic E-state index is 0.106. The Bertz CT molecular complexity index is 689. The molecule has 0 bridgehead atoms. The van der Waals surface area contributed by atoms with E-state index >= 15 is 0 Å². The molecule has 1 aromatic heterocycles. The van der Waals surface area contributed by atoms with Gasteiger partial charge in [0.2, 0.25) is 5.91 Å². The number of rotatable bonds is 3. The van der Waals surface area contributed by atoms with Crippen molar-refractivity contribution in [3.8, 4) is 0 Å². The van der Waals surface area contributed by atoms with E-state index in [0.29, 0.717) is 13.0 Å². The molecule has 0 saturated carbocycles. The number of carbonyl (C=O) groups excluding carboxylic acids is 1. The quantitative estimate of drug-likeness (QED) is 0.690. The van der Waals surface area contributed by atoms with Crippen LogP contribution in [0.1, 0.15) is 50.9 Å². The van der Waals surface area contributed by atoms with Gasteiger partial charge in [0.1, 0.15) is 6.10 Å². The number of carbonyl (C=O) groups is 1. The molecule has 1 amide bonds. The number of ether oxygens (including phenoxy) is 1. The molecule has 2 fully saturated rings. The van der Waals surface area contributed by atoms with Gasteiger partial charge >= 0.3 is 0 Å². The van der Waals surface area contributed by atoms with E-state index in [0.717, 1.165) is 64.2 Å². The summed E-state index contributed by atoms with van der Waals surface area (Å²) in [6.07, 6.45) is 2.57. The molecule has 4 heterocycles. The Morgan fingerprint density at radius 2 is 2.18 bits per heavy atom. The van der Waals surface area contributed by atoms with Gasteiger partial charge in [-0.05, 0) is 45.2 Å². The Morgan fingerprint density at radius 1 is 1.39 bits per heavy atom. The van der Waals surface area contributed by atoms with Crippen LogP contribution in [-0.4, -0.2) is 69.2 Å². The summed E-state index contributed by atoms with van der Waals surface area (Å²) in [5.41, 5.74) is 1.18. The summed E-state index contributed by atoms with van der Waals surface area (Å²) >= 11 is 0. The summed E-state index contributed by atoms with van der Waals surface area (Å²) in [4.78, 5) is 14.0. The van der Waals surface area contributed by atoms with Crippen molar-refractivity contribution in [3.05, 3.63) is 17.5 Å². The van der Waals surface area contributed by atoms with Crippen LogP contribution >= 0.6 is 0 Å². The summed E-state index contributed by atoms with van der Waals surface area (Å²) < 4.78 is 8.25. The molecule has 2 atom stereocenters. The van der Waals surface area contributed by atoms with Crippen molar-refractivity contribution in [2.45, 2.75) is 76.4 Å². The first-order valence-corrected chi connectivity index (χ1v) is 10.5.